The van der Waals surface area contributed by atoms with Gasteiger partial charge in [-0.25, -0.2) is 0 Å². The fraction of sp³-hybridized carbons (Fsp3) is 0.524. The number of nitrogens with zero attached hydrogens (tertiary/aromatic N) is 1. The molecule has 1 aromatic carbocycles. The van der Waals surface area contributed by atoms with Gasteiger partial charge in [-0.2, -0.15) is 0 Å². The number of para-hydroxylation sites is 2. The Bertz CT molecular complexity index is 862. The van der Waals surface area contributed by atoms with Crippen LogP contribution >= 0.6 is 0 Å². The highest BCUT2D eigenvalue weighted by atomic mass is 16.6. The molecule has 0 aromatic heterocycles. The van der Waals surface area contributed by atoms with Crippen LogP contribution in [0.2, 0.25) is 0 Å². The molecule has 10 nitrogen and oxygen atoms in total. The first kappa shape index (κ1) is 21.0. The highest BCUT2D eigenvalue weighted by Gasteiger charge is 2.36. The number of ether oxygens (including phenoxy) is 3. The summed E-state index contributed by atoms with van der Waals surface area (Å²) in [5.41, 5.74) is 4.44. The van der Waals surface area contributed by atoms with E-state index in [4.69, 9.17) is 14.2 Å². The van der Waals surface area contributed by atoms with Gasteiger partial charge in [-0.3, -0.25) is 30.0 Å². The fourth-order valence-corrected chi connectivity index (χ4v) is 3.58. The van der Waals surface area contributed by atoms with E-state index in [1.54, 1.807) is 29.2 Å². The van der Waals surface area contributed by atoms with Crippen molar-refractivity contribution >= 4 is 23.7 Å². The molecule has 4 rings (SSSR count). The standard InChI is InChI=1S/C21H25N3O7/c25-18(22-23-19(26)17-11-29-15-3-1-2-4-16(15)31-17)12-30-21(28)14-7-9-24(10-8-14)20(27)13-5-6-13/h1-4,13-14,17H,5-12H2,(H,22,25)(H,23,26). The van der Waals surface area contributed by atoms with Gasteiger partial charge in [0.2, 0.25) is 12.0 Å². The number of carbonyl (C=O) groups is 4. The van der Waals surface area contributed by atoms with Gasteiger partial charge in [0.25, 0.3) is 11.8 Å². The van der Waals surface area contributed by atoms with Crippen LogP contribution in [0, 0.1) is 11.8 Å². The van der Waals surface area contributed by atoms with E-state index in [0.29, 0.717) is 37.4 Å². The number of likely N-dealkylation sites (tertiary alicyclic amines) is 1. The molecule has 0 radical (unpaired) electrons. The summed E-state index contributed by atoms with van der Waals surface area (Å²) >= 11 is 0. The fourth-order valence-electron chi connectivity index (χ4n) is 3.58. The lowest BCUT2D eigenvalue weighted by molar-refractivity contribution is -0.155. The molecule has 1 atom stereocenters. The van der Waals surface area contributed by atoms with Crippen LogP contribution in [0.25, 0.3) is 0 Å². The minimum atomic E-state index is -0.915. The van der Waals surface area contributed by atoms with Crippen LogP contribution in [0.1, 0.15) is 25.7 Å². The van der Waals surface area contributed by atoms with Crippen molar-refractivity contribution in [3.63, 3.8) is 0 Å². The number of hydrazine groups is 1. The van der Waals surface area contributed by atoms with Crippen LogP contribution in [-0.2, 0) is 23.9 Å². The molecule has 1 aliphatic carbocycles. The third-order valence-electron chi connectivity index (χ3n) is 5.54. The van der Waals surface area contributed by atoms with E-state index >= 15 is 0 Å². The topological polar surface area (TPSA) is 123 Å². The first-order chi connectivity index (χ1) is 15.0. The number of nitrogens with one attached hydrogen (secondary N) is 2. The summed E-state index contributed by atoms with van der Waals surface area (Å²) in [7, 11) is 0. The Morgan fingerprint density at radius 1 is 0.968 bits per heavy atom. The zero-order valence-corrected chi connectivity index (χ0v) is 17.0. The molecule has 3 amide bonds. The van der Waals surface area contributed by atoms with Crippen molar-refractivity contribution in [3.05, 3.63) is 24.3 Å². The Morgan fingerprint density at radius 3 is 2.39 bits per heavy atom. The molecule has 1 saturated carbocycles. The third-order valence-corrected chi connectivity index (χ3v) is 5.54. The highest BCUT2D eigenvalue weighted by molar-refractivity contribution is 5.86. The molecule has 2 heterocycles. The molecule has 3 aliphatic rings. The van der Waals surface area contributed by atoms with Crippen LogP contribution in [0.15, 0.2) is 24.3 Å². The Balaban J connectivity index is 1.13. The maximum absolute atomic E-state index is 12.2. The third kappa shape index (κ3) is 5.25. The Labute approximate surface area is 179 Å². The minimum absolute atomic E-state index is 0.00957. The normalized spacial score (nSPS) is 20.5. The number of esters is 1. The average Bonchev–Trinajstić information content (AvgIpc) is 3.66. The second-order valence-corrected chi connectivity index (χ2v) is 7.88. The second-order valence-electron chi connectivity index (χ2n) is 7.88. The summed E-state index contributed by atoms with van der Waals surface area (Å²) in [6, 6.07) is 6.96. The smallest absolute Gasteiger partial charge is 0.309 e. The van der Waals surface area contributed by atoms with Gasteiger partial charge in [0, 0.05) is 19.0 Å². The molecular formula is C21H25N3O7. The number of hydrogen-bond donors (Lipinski definition) is 2. The van der Waals surface area contributed by atoms with Crippen molar-refractivity contribution in [3.8, 4) is 11.5 Å². The van der Waals surface area contributed by atoms with Gasteiger partial charge in [-0.1, -0.05) is 12.1 Å². The largest absolute Gasteiger partial charge is 0.485 e. The second kappa shape index (κ2) is 9.23. The maximum atomic E-state index is 12.2. The molecule has 1 aromatic rings. The van der Waals surface area contributed by atoms with Gasteiger partial charge in [-0.15, -0.1) is 0 Å². The van der Waals surface area contributed by atoms with E-state index in [-0.39, 0.29) is 24.3 Å². The van der Waals surface area contributed by atoms with Gasteiger partial charge < -0.3 is 19.1 Å². The Morgan fingerprint density at radius 2 is 1.68 bits per heavy atom. The van der Waals surface area contributed by atoms with E-state index in [2.05, 4.69) is 10.9 Å². The average molecular weight is 431 g/mol. The number of carbonyl (C=O) groups excluding carboxylic acids is 4. The van der Waals surface area contributed by atoms with Gasteiger partial charge in [0.05, 0.1) is 5.92 Å². The lowest BCUT2D eigenvalue weighted by Crippen LogP contribution is -2.51. The van der Waals surface area contributed by atoms with E-state index in [1.807, 2.05) is 0 Å². The van der Waals surface area contributed by atoms with Crippen LogP contribution in [0.5, 0.6) is 11.5 Å². The molecular weight excluding hydrogens is 406 g/mol. The van der Waals surface area contributed by atoms with Crippen LogP contribution in [0.3, 0.4) is 0 Å². The monoisotopic (exact) mass is 431 g/mol. The quantitative estimate of drug-likeness (QED) is 0.503. The van der Waals surface area contributed by atoms with Crippen molar-refractivity contribution in [2.45, 2.75) is 31.8 Å². The van der Waals surface area contributed by atoms with E-state index in [9.17, 15) is 19.2 Å². The molecule has 1 unspecified atom stereocenters. The SMILES string of the molecule is O=C(COC(=O)C1CCN(C(=O)C2CC2)CC1)NNC(=O)C1COc2ccccc2O1. The van der Waals surface area contributed by atoms with Gasteiger partial charge in [0.1, 0.15) is 6.61 Å². The number of fused-ring (bicyclic) bond motifs is 1. The zero-order chi connectivity index (χ0) is 21.8. The van der Waals surface area contributed by atoms with Crippen molar-refractivity contribution in [2.75, 3.05) is 26.3 Å². The predicted molar refractivity (Wildman–Crippen MR) is 106 cm³/mol. The molecule has 166 valence electrons. The van der Waals surface area contributed by atoms with Crippen molar-refractivity contribution in [1.82, 2.24) is 15.8 Å². The van der Waals surface area contributed by atoms with Gasteiger partial charge in [0.15, 0.2) is 18.1 Å². The number of hydrogen-bond acceptors (Lipinski definition) is 7. The molecule has 10 heteroatoms. The van der Waals surface area contributed by atoms with Crippen molar-refractivity contribution in [1.29, 1.82) is 0 Å². The number of amides is 3. The number of piperidine rings is 1. The Kier molecular flexibility index (Phi) is 6.24. The van der Waals surface area contributed by atoms with Crippen LogP contribution in [-0.4, -0.2) is 61.0 Å². The van der Waals surface area contributed by atoms with Crippen molar-refractivity contribution < 1.29 is 33.4 Å². The van der Waals surface area contributed by atoms with E-state index < -0.39 is 30.5 Å². The summed E-state index contributed by atoms with van der Waals surface area (Å²) in [6.45, 7) is 0.564. The summed E-state index contributed by atoms with van der Waals surface area (Å²) in [6.07, 6.45) is 2.05. The summed E-state index contributed by atoms with van der Waals surface area (Å²) < 4.78 is 16.1. The number of rotatable bonds is 5. The first-order valence-corrected chi connectivity index (χ1v) is 10.4. The summed E-state index contributed by atoms with van der Waals surface area (Å²) in [4.78, 5) is 50.1. The zero-order valence-electron chi connectivity index (χ0n) is 17.0. The molecule has 2 aliphatic heterocycles. The van der Waals surface area contributed by atoms with Crippen LogP contribution in [0.4, 0.5) is 0 Å². The molecule has 2 fully saturated rings. The summed E-state index contributed by atoms with van der Waals surface area (Å²) in [5, 5.41) is 0. The summed E-state index contributed by atoms with van der Waals surface area (Å²) in [5.74, 6) is -0.717. The van der Waals surface area contributed by atoms with Gasteiger partial charge in [-0.05, 0) is 37.8 Å². The van der Waals surface area contributed by atoms with Crippen LogP contribution < -0.4 is 20.3 Å². The van der Waals surface area contributed by atoms with E-state index in [0.717, 1.165) is 12.8 Å². The molecule has 0 spiro atoms. The molecule has 31 heavy (non-hydrogen) atoms. The number of benzene rings is 1. The lowest BCUT2D eigenvalue weighted by atomic mass is 9.97. The minimum Gasteiger partial charge on any atom is -0.485 e. The predicted octanol–water partition coefficient (Wildman–Crippen LogP) is 0.166. The lowest BCUT2D eigenvalue weighted by Gasteiger charge is -2.31. The first-order valence-electron chi connectivity index (χ1n) is 10.4. The maximum Gasteiger partial charge on any atom is 0.309 e. The van der Waals surface area contributed by atoms with E-state index in [1.165, 1.54) is 0 Å². The van der Waals surface area contributed by atoms with Gasteiger partial charge >= 0.3 is 5.97 Å². The molecule has 1 saturated heterocycles. The highest BCUT2D eigenvalue weighted by Crippen LogP contribution is 2.33. The molecule has 0 bridgehead atoms. The van der Waals surface area contributed by atoms with Crippen molar-refractivity contribution in [2.24, 2.45) is 11.8 Å². The Hall–Kier alpha value is -3.30. The molecule has 2 N–H and O–H groups in total.